The first-order valence-electron chi connectivity index (χ1n) is 8.14. The summed E-state index contributed by atoms with van der Waals surface area (Å²) in [6, 6.07) is 6.81. The molecule has 2 aliphatic heterocycles. The second kappa shape index (κ2) is 7.97. The van der Waals surface area contributed by atoms with Crippen molar-refractivity contribution < 1.29 is 13.9 Å². The van der Waals surface area contributed by atoms with Gasteiger partial charge < -0.3 is 15.0 Å². The molecule has 6 heteroatoms. The Labute approximate surface area is 142 Å². The van der Waals surface area contributed by atoms with E-state index in [1.165, 1.54) is 6.07 Å². The summed E-state index contributed by atoms with van der Waals surface area (Å²) in [5.74, 6) is -0.265. The number of halogens is 2. The van der Waals surface area contributed by atoms with Crippen LogP contribution in [0, 0.1) is 5.82 Å². The van der Waals surface area contributed by atoms with Crippen LogP contribution in [-0.2, 0) is 4.79 Å². The largest absolute Gasteiger partial charge is 0.478 e. The maximum absolute atomic E-state index is 13.8. The standard InChI is InChI=1S/C17H23FN2O2.ClH/c1-2-15(22-16-6-4-3-5-14(16)18)17(21)20-12-7-8-13(20)11-19-10-9-12;/h3-6,12-13,15,19H,2,7-11H2,1H3;1H. The maximum atomic E-state index is 13.8. The average Bonchev–Trinajstić information content (AvgIpc) is 2.79. The molecule has 128 valence electrons. The van der Waals surface area contributed by atoms with Gasteiger partial charge >= 0.3 is 0 Å². The van der Waals surface area contributed by atoms with Crippen LogP contribution >= 0.6 is 12.4 Å². The third-order valence-corrected chi connectivity index (χ3v) is 4.66. The van der Waals surface area contributed by atoms with Crippen LogP contribution in [0.4, 0.5) is 4.39 Å². The number of para-hydroxylation sites is 1. The second-order valence-electron chi connectivity index (χ2n) is 6.07. The molecule has 1 N–H and O–H groups in total. The number of nitrogens with zero attached hydrogens (tertiary/aromatic N) is 1. The van der Waals surface area contributed by atoms with Crippen molar-refractivity contribution in [1.29, 1.82) is 0 Å². The van der Waals surface area contributed by atoms with Gasteiger partial charge in [-0.3, -0.25) is 4.79 Å². The minimum atomic E-state index is -0.613. The van der Waals surface area contributed by atoms with Crippen molar-refractivity contribution in [3.05, 3.63) is 30.1 Å². The Morgan fingerprint density at radius 2 is 2.09 bits per heavy atom. The van der Waals surface area contributed by atoms with Crippen LogP contribution in [0.3, 0.4) is 0 Å². The van der Waals surface area contributed by atoms with E-state index in [9.17, 15) is 9.18 Å². The molecular formula is C17H24ClFN2O2. The molecule has 3 atom stereocenters. The minimum absolute atomic E-state index is 0. The average molecular weight is 343 g/mol. The van der Waals surface area contributed by atoms with Gasteiger partial charge in [-0.15, -0.1) is 12.4 Å². The monoisotopic (exact) mass is 342 g/mol. The van der Waals surface area contributed by atoms with Gasteiger partial charge in [0.05, 0.1) is 0 Å². The van der Waals surface area contributed by atoms with Crippen molar-refractivity contribution in [3.63, 3.8) is 0 Å². The van der Waals surface area contributed by atoms with Gasteiger partial charge in [-0.25, -0.2) is 4.39 Å². The molecule has 2 bridgehead atoms. The SMILES string of the molecule is CCC(Oc1ccccc1F)C(=O)N1C2CCNCC1CC2.Cl. The van der Waals surface area contributed by atoms with E-state index in [0.717, 1.165) is 32.4 Å². The van der Waals surface area contributed by atoms with Crippen LogP contribution in [0.15, 0.2) is 24.3 Å². The number of rotatable bonds is 4. The molecule has 2 aliphatic rings. The molecule has 1 aromatic carbocycles. The fourth-order valence-electron chi connectivity index (χ4n) is 3.51. The molecule has 0 saturated carbocycles. The molecule has 3 unspecified atom stereocenters. The number of nitrogens with one attached hydrogen (secondary N) is 1. The summed E-state index contributed by atoms with van der Waals surface area (Å²) >= 11 is 0. The van der Waals surface area contributed by atoms with E-state index in [0.29, 0.717) is 12.5 Å². The lowest BCUT2D eigenvalue weighted by Crippen LogP contribution is -2.48. The summed E-state index contributed by atoms with van der Waals surface area (Å²) in [7, 11) is 0. The van der Waals surface area contributed by atoms with Crippen molar-refractivity contribution in [2.24, 2.45) is 0 Å². The third-order valence-electron chi connectivity index (χ3n) is 4.66. The van der Waals surface area contributed by atoms with Gasteiger partial charge in [-0.1, -0.05) is 19.1 Å². The molecule has 2 heterocycles. The molecule has 0 spiro atoms. The van der Waals surface area contributed by atoms with Crippen molar-refractivity contribution in [2.75, 3.05) is 13.1 Å². The minimum Gasteiger partial charge on any atom is -0.478 e. The number of fused-ring (bicyclic) bond motifs is 2. The third kappa shape index (κ3) is 3.78. The van der Waals surface area contributed by atoms with Crippen molar-refractivity contribution in [3.8, 4) is 5.75 Å². The smallest absolute Gasteiger partial charge is 0.264 e. The Kier molecular flexibility index (Phi) is 6.25. The summed E-state index contributed by atoms with van der Waals surface area (Å²) in [6.45, 7) is 3.70. The second-order valence-corrected chi connectivity index (χ2v) is 6.07. The Morgan fingerprint density at radius 3 is 2.83 bits per heavy atom. The Balaban J connectivity index is 0.00000192. The first kappa shape index (κ1) is 18.0. The van der Waals surface area contributed by atoms with Gasteiger partial charge in [-0.2, -0.15) is 0 Å². The quantitative estimate of drug-likeness (QED) is 0.914. The number of carbonyl (C=O) groups is 1. The molecule has 4 nitrogen and oxygen atoms in total. The molecular weight excluding hydrogens is 319 g/mol. The van der Waals surface area contributed by atoms with E-state index in [-0.39, 0.29) is 30.1 Å². The van der Waals surface area contributed by atoms with Crippen LogP contribution in [0.2, 0.25) is 0 Å². The van der Waals surface area contributed by atoms with E-state index in [4.69, 9.17) is 4.74 Å². The van der Waals surface area contributed by atoms with Gasteiger partial charge in [0.25, 0.3) is 5.91 Å². The Bertz CT molecular complexity index is 529. The summed E-state index contributed by atoms with van der Waals surface area (Å²) in [5, 5.41) is 3.38. The number of benzene rings is 1. The van der Waals surface area contributed by atoms with Crippen molar-refractivity contribution in [1.82, 2.24) is 10.2 Å². The Morgan fingerprint density at radius 1 is 1.35 bits per heavy atom. The van der Waals surface area contributed by atoms with Gasteiger partial charge in [0.2, 0.25) is 0 Å². The fraction of sp³-hybridized carbons (Fsp3) is 0.588. The zero-order chi connectivity index (χ0) is 15.5. The van der Waals surface area contributed by atoms with Gasteiger partial charge in [0.1, 0.15) is 0 Å². The molecule has 0 aromatic heterocycles. The first-order chi connectivity index (χ1) is 10.7. The normalized spacial score (nSPS) is 24.5. The zero-order valence-electron chi connectivity index (χ0n) is 13.3. The number of hydrogen-bond acceptors (Lipinski definition) is 3. The highest BCUT2D eigenvalue weighted by Crippen LogP contribution is 2.30. The number of ether oxygens (including phenoxy) is 1. The molecule has 1 amide bonds. The van der Waals surface area contributed by atoms with Crippen LogP contribution < -0.4 is 10.1 Å². The summed E-state index contributed by atoms with van der Waals surface area (Å²) in [5.41, 5.74) is 0. The van der Waals surface area contributed by atoms with Gasteiger partial charge in [-0.05, 0) is 44.4 Å². The van der Waals surface area contributed by atoms with Crippen molar-refractivity contribution >= 4 is 18.3 Å². The highest BCUT2D eigenvalue weighted by Gasteiger charge is 2.40. The first-order valence-corrected chi connectivity index (χ1v) is 8.14. The fourth-order valence-corrected chi connectivity index (χ4v) is 3.51. The maximum Gasteiger partial charge on any atom is 0.264 e. The summed E-state index contributed by atoms with van der Waals surface area (Å²) < 4.78 is 19.5. The molecule has 2 saturated heterocycles. The molecule has 23 heavy (non-hydrogen) atoms. The highest BCUT2D eigenvalue weighted by molar-refractivity contribution is 5.85. The summed E-state index contributed by atoms with van der Waals surface area (Å²) in [6.07, 6.45) is 3.01. The molecule has 0 radical (unpaired) electrons. The number of carbonyl (C=O) groups excluding carboxylic acids is 1. The van der Waals surface area contributed by atoms with Crippen LogP contribution in [-0.4, -0.2) is 42.1 Å². The lowest BCUT2D eigenvalue weighted by molar-refractivity contribution is -0.141. The predicted molar refractivity (Wildman–Crippen MR) is 89.5 cm³/mol. The van der Waals surface area contributed by atoms with Crippen molar-refractivity contribution in [2.45, 2.75) is 50.8 Å². The van der Waals surface area contributed by atoms with E-state index in [1.807, 2.05) is 11.8 Å². The van der Waals surface area contributed by atoms with Crippen LogP contribution in [0.25, 0.3) is 0 Å². The van der Waals surface area contributed by atoms with Gasteiger partial charge in [0, 0.05) is 18.6 Å². The topological polar surface area (TPSA) is 41.6 Å². The molecule has 0 aliphatic carbocycles. The molecule has 1 aromatic rings. The van der Waals surface area contributed by atoms with E-state index < -0.39 is 11.9 Å². The van der Waals surface area contributed by atoms with Crippen LogP contribution in [0.5, 0.6) is 5.75 Å². The number of amides is 1. The number of hydrogen-bond donors (Lipinski definition) is 1. The lowest BCUT2D eigenvalue weighted by atomic mass is 10.1. The summed E-state index contributed by atoms with van der Waals surface area (Å²) in [4.78, 5) is 14.9. The van der Waals surface area contributed by atoms with E-state index >= 15 is 0 Å². The highest BCUT2D eigenvalue weighted by atomic mass is 35.5. The van der Waals surface area contributed by atoms with E-state index in [2.05, 4.69) is 5.32 Å². The molecule has 3 rings (SSSR count). The predicted octanol–water partition coefficient (Wildman–Crippen LogP) is 2.76. The van der Waals surface area contributed by atoms with Gasteiger partial charge in [0.15, 0.2) is 17.7 Å². The molecule has 2 fully saturated rings. The van der Waals surface area contributed by atoms with E-state index in [1.54, 1.807) is 18.2 Å². The van der Waals surface area contributed by atoms with Crippen LogP contribution in [0.1, 0.15) is 32.6 Å². The Hall–Kier alpha value is -1.33. The lowest BCUT2D eigenvalue weighted by Gasteiger charge is -2.31. The zero-order valence-corrected chi connectivity index (χ0v) is 14.2.